The van der Waals surface area contributed by atoms with Gasteiger partial charge >= 0.3 is 0 Å². The molecule has 0 unspecified atom stereocenters. The molecule has 0 bridgehead atoms. The minimum Gasteiger partial charge on any atom is -0.276 e. The third-order valence-electron chi connectivity index (χ3n) is 6.48. The van der Waals surface area contributed by atoms with Crippen molar-refractivity contribution >= 4 is 33.6 Å². The molecule has 1 amide bonds. The lowest BCUT2D eigenvalue weighted by atomic mass is 9.91. The van der Waals surface area contributed by atoms with Gasteiger partial charge in [0, 0.05) is 16.8 Å². The first-order chi connectivity index (χ1) is 16.7. The van der Waals surface area contributed by atoms with Crippen LogP contribution in [0.25, 0.3) is 22.0 Å². The van der Waals surface area contributed by atoms with Gasteiger partial charge in [-0.3, -0.25) is 9.69 Å². The molecular formula is C32H23NO. The zero-order valence-corrected chi connectivity index (χ0v) is 18.9. The van der Waals surface area contributed by atoms with Crippen LogP contribution in [-0.4, -0.2) is 5.91 Å². The molecule has 0 radical (unpaired) electrons. The molecule has 1 aliphatic heterocycles. The molecule has 0 fully saturated rings. The van der Waals surface area contributed by atoms with Gasteiger partial charge in [0.15, 0.2) is 0 Å². The van der Waals surface area contributed by atoms with E-state index in [0.29, 0.717) is 0 Å². The molecule has 0 spiro atoms. The lowest BCUT2D eigenvalue weighted by Gasteiger charge is -2.23. The van der Waals surface area contributed by atoms with Crippen LogP contribution in [-0.2, 0) is 0 Å². The Hall–Kier alpha value is -4.43. The Labute approximate surface area is 199 Å². The molecule has 0 saturated carbocycles. The van der Waals surface area contributed by atoms with Crippen LogP contribution in [0, 0.1) is 6.92 Å². The maximum Gasteiger partial charge on any atom is 0.264 e. The van der Waals surface area contributed by atoms with Crippen LogP contribution in [0.4, 0.5) is 5.69 Å². The van der Waals surface area contributed by atoms with Gasteiger partial charge in [0.2, 0.25) is 0 Å². The maximum absolute atomic E-state index is 14.2. The molecule has 0 N–H and O–H groups in total. The molecule has 0 atom stereocenters. The van der Waals surface area contributed by atoms with Gasteiger partial charge in [-0.25, -0.2) is 0 Å². The summed E-state index contributed by atoms with van der Waals surface area (Å²) in [7, 11) is 0. The highest BCUT2D eigenvalue weighted by Gasteiger charge is 2.37. The molecule has 6 rings (SSSR count). The average molecular weight is 438 g/mol. The molecule has 1 heterocycles. The van der Waals surface area contributed by atoms with Gasteiger partial charge in [0.1, 0.15) is 0 Å². The molecular weight excluding hydrogens is 414 g/mol. The van der Waals surface area contributed by atoms with E-state index in [1.807, 2.05) is 71.6 Å². The highest BCUT2D eigenvalue weighted by Crippen LogP contribution is 2.45. The summed E-state index contributed by atoms with van der Waals surface area (Å²) in [4.78, 5) is 16.1. The van der Waals surface area contributed by atoms with Crippen LogP contribution in [0.3, 0.4) is 0 Å². The molecule has 2 heteroatoms. The number of carbonyl (C=O) groups excluding carboxylic acids is 1. The normalized spacial score (nSPS) is 12.8. The fourth-order valence-corrected chi connectivity index (χ4v) is 4.87. The molecule has 0 aliphatic carbocycles. The number of hydrogen-bond acceptors (Lipinski definition) is 1. The Morgan fingerprint density at radius 3 is 1.85 bits per heavy atom. The second-order valence-electron chi connectivity index (χ2n) is 8.64. The number of benzene rings is 5. The SMILES string of the molecule is Cc1ccc(N2C(=O)c3c(ccc4ccccc34)C2=C(c2ccccc2)c2ccccc2)cc1. The predicted molar refractivity (Wildman–Crippen MR) is 141 cm³/mol. The summed E-state index contributed by atoms with van der Waals surface area (Å²) in [5.41, 5.74) is 7.89. The molecule has 0 aromatic heterocycles. The smallest absolute Gasteiger partial charge is 0.264 e. The van der Waals surface area contributed by atoms with Crippen LogP contribution >= 0.6 is 0 Å². The van der Waals surface area contributed by atoms with E-state index in [2.05, 4.69) is 61.5 Å². The molecule has 0 saturated heterocycles. The van der Waals surface area contributed by atoms with E-state index in [0.717, 1.165) is 55.5 Å². The van der Waals surface area contributed by atoms with Gasteiger partial charge in [-0.15, -0.1) is 0 Å². The van der Waals surface area contributed by atoms with Crippen LogP contribution < -0.4 is 4.90 Å². The Bertz CT molecular complexity index is 1510. The van der Waals surface area contributed by atoms with E-state index in [1.54, 1.807) is 0 Å². The van der Waals surface area contributed by atoms with Crippen molar-refractivity contribution in [2.45, 2.75) is 6.92 Å². The highest BCUT2D eigenvalue weighted by molar-refractivity contribution is 6.31. The first-order valence-corrected chi connectivity index (χ1v) is 11.5. The number of anilines is 1. The summed E-state index contributed by atoms with van der Waals surface area (Å²) in [6, 6.07) is 41.3. The number of aryl methyl sites for hydroxylation is 1. The summed E-state index contributed by atoms with van der Waals surface area (Å²) in [6.45, 7) is 2.06. The number of fused-ring (bicyclic) bond motifs is 3. The Morgan fingerprint density at radius 1 is 0.618 bits per heavy atom. The number of hydrogen-bond donors (Lipinski definition) is 0. The van der Waals surface area contributed by atoms with Crippen molar-refractivity contribution in [1.29, 1.82) is 0 Å². The largest absolute Gasteiger partial charge is 0.276 e. The Balaban J connectivity index is 1.75. The van der Waals surface area contributed by atoms with Crippen LogP contribution in [0.2, 0.25) is 0 Å². The molecule has 1 aliphatic rings. The number of rotatable bonds is 3. The molecule has 5 aromatic carbocycles. The lowest BCUT2D eigenvalue weighted by Crippen LogP contribution is -2.23. The quantitative estimate of drug-likeness (QED) is 0.283. The van der Waals surface area contributed by atoms with E-state index in [-0.39, 0.29) is 5.91 Å². The Kier molecular flexibility index (Phi) is 4.85. The molecule has 2 nitrogen and oxygen atoms in total. The third kappa shape index (κ3) is 3.23. The van der Waals surface area contributed by atoms with Crippen molar-refractivity contribution < 1.29 is 4.79 Å². The van der Waals surface area contributed by atoms with Gasteiger partial charge in [0.25, 0.3) is 5.91 Å². The van der Waals surface area contributed by atoms with Crippen molar-refractivity contribution in [2.75, 3.05) is 4.90 Å². The zero-order valence-electron chi connectivity index (χ0n) is 18.9. The first kappa shape index (κ1) is 20.2. The van der Waals surface area contributed by atoms with Crippen LogP contribution in [0.5, 0.6) is 0 Å². The lowest BCUT2D eigenvalue weighted by molar-refractivity contribution is 0.101. The first-order valence-electron chi connectivity index (χ1n) is 11.5. The average Bonchev–Trinajstić information content (AvgIpc) is 3.18. The maximum atomic E-state index is 14.2. The van der Waals surface area contributed by atoms with Gasteiger partial charge < -0.3 is 0 Å². The second kappa shape index (κ2) is 8.17. The fourth-order valence-electron chi connectivity index (χ4n) is 4.87. The second-order valence-corrected chi connectivity index (χ2v) is 8.64. The van der Waals surface area contributed by atoms with E-state index in [1.165, 1.54) is 0 Å². The zero-order chi connectivity index (χ0) is 23.1. The van der Waals surface area contributed by atoms with E-state index in [9.17, 15) is 4.79 Å². The summed E-state index contributed by atoms with van der Waals surface area (Å²) in [5.74, 6) is 0.00927. The van der Waals surface area contributed by atoms with Gasteiger partial charge in [-0.05, 0) is 41.0 Å². The summed E-state index contributed by atoms with van der Waals surface area (Å²) < 4.78 is 0. The van der Waals surface area contributed by atoms with Gasteiger partial charge in [-0.2, -0.15) is 0 Å². The Morgan fingerprint density at radius 2 is 1.21 bits per heavy atom. The van der Waals surface area contributed by atoms with E-state index >= 15 is 0 Å². The summed E-state index contributed by atoms with van der Waals surface area (Å²) in [6.07, 6.45) is 0. The monoisotopic (exact) mass is 437 g/mol. The third-order valence-corrected chi connectivity index (χ3v) is 6.48. The van der Waals surface area contributed by atoms with Gasteiger partial charge in [-0.1, -0.05) is 115 Å². The van der Waals surface area contributed by atoms with Crippen molar-refractivity contribution in [2.24, 2.45) is 0 Å². The summed E-state index contributed by atoms with van der Waals surface area (Å²) >= 11 is 0. The number of amides is 1. The topological polar surface area (TPSA) is 20.3 Å². The van der Waals surface area contributed by atoms with Gasteiger partial charge in [0.05, 0.1) is 11.3 Å². The highest BCUT2D eigenvalue weighted by atomic mass is 16.2. The minimum atomic E-state index is 0.00927. The fraction of sp³-hybridized carbons (Fsp3) is 0.0312. The van der Waals surface area contributed by atoms with Crippen molar-refractivity contribution in [3.63, 3.8) is 0 Å². The molecule has 34 heavy (non-hydrogen) atoms. The van der Waals surface area contributed by atoms with Crippen molar-refractivity contribution in [3.8, 4) is 0 Å². The molecule has 162 valence electrons. The minimum absolute atomic E-state index is 0.00927. The predicted octanol–water partition coefficient (Wildman–Crippen LogP) is 7.73. The van der Waals surface area contributed by atoms with Crippen molar-refractivity contribution in [1.82, 2.24) is 0 Å². The van der Waals surface area contributed by atoms with Crippen LogP contribution in [0.15, 0.2) is 121 Å². The number of carbonyl (C=O) groups is 1. The standard InChI is InChI=1S/C32H23NO/c1-22-16-19-26(20-17-22)33-31(28-21-18-23-10-8-9-15-27(23)30(28)32(33)34)29(24-11-4-2-5-12-24)25-13-6-3-7-14-25/h2-21H,1H3. The van der Waals surface area contributed by atoms with Crippen molar-refractivity contribution in [3.05, 3.63) is 149 Å². The van der Waals surface area contributed by atoms with Crippen LogP contribution in [0.1, 0.15) is 32.6 Å². The summed E-state index contributed by atoms with van der Waals surface area (Å²) in [5, 5.41) is 2.05. The number of nitrogens with zero attached hydrogens (tertiary/aromatic N) is 1. The molecule has 5 aromatic rings. The van der Waals surface area contributed by atoms with E-state index in [4.69, 9.17) is 0 Å². The van der Waals surface area contributed by atoms with E-state index < -0.39 is 0 Å².